The molecule has 0 fully saturated rings. The van der Waals surface area contributed by atoms with Crippen molar-refractivity contribution in [2.75, 3.05) is 7.11 Å². The van der Waals surface area contributed by atoms with E-state index in [9.17, 15) is 0 Å². The van der Waals surface area contributed by atoms with Gasteiger partial charge in [-0.2, -0.15) is 0 Å². The topological polar surface area (TPSA) is 39.9 Å². The lowest BCUT2D eigenvalue weighted by molar-refractivity contribution is 0.133. The Labute approximate surface area is 187 Å². The van der Waals surface area contributed by atoms with Gasteiger partial charge in [0.1, 0.15) is 12.6 Å². The second-order valence-corrected chi connectivity index (χ2v) is 7.52. The molecule has 0 N–H and O–H groups in total. The summed E-state index contributed by atoms with van der Waals surface area (Å²) in [5.41, 5.74) is 7.47. The summed E-state index contributed by atoms with van der Waals surface area (Å²) < 4.78 is 7.72. The van der Waals surface area contributed by atoms with Gasteiger partial charge in [-0.1, -0.05) is 84.9 Å². The van der Waals surface area contributed by atoms with E-state index in [1.54, 1.807) is 7.11 Å². The Bertz CT molecular complexity index is 1300. The molecule has 0 spiro atoms. The molecule has 5 aromatic rings. The molecule has 0 aliphatic rings. The van der Waals surface area contributed by atoms with E-state index in [0.717, 1.165) is 33.9 Å². The van der Waals surface area contributed by atoms with E-state index in [0.29, 0.717) is 6.73 Å². The molecule has 0 radical (unpaired) electrons. The first-order valence-corrected chi connectivity index (χ1v) is 10.6. The van der Waals surface area contributed by atoms with Gasteiger partial charge in [-0.25, -0.2) is 4.98 Å². The number of rotatable bonds is 6. The maximum absolute atomic E-state index is 5.59. The highest BCUT2D eigenvalue weighted by Crippen LogP contribution is 2.36. The monoisotopic (exact) mass is 417 g/mol. The van der Waals surface area contributed by atoms with Gasteiger partial charge >= 0.3 is 0 Å². The van der Waals surface area contributed by atoms with Gasteiger partial charge in [-0.15, -0.1) is 0 Å². The number of benzene rings is 3. The van der Waals surface area contributed by atoms with Crippen molar-refractivity contribution in [2.45, 2.75) is 6.73 Å². The molecule has 4 heteroatoms. The Hall–Kier alpha value is -4.02. The van der Waals surface area contributed by atoms with Crippen LogP contribution in [0.2, 0.25) is 0 Å². The smallest absolute Gasteiger partial charge is 0.143 e. The van der Waals surface area contributed by atoms with E-state index in [-0.39, 0.29) is 0 Å². The third-order valence-electron chi connectivity index (χ3n) is 5.48. The molecular formula is C28H23N3O. The molecule has 32 heavy (non-hydrogen) atoms. The molecule has 0 aliphatic heterocycles. The molecular weight excluding hydrogens is 394 g/mol. The first-order valence-electron chi connectivity index (χ1n) is 10.6. The summed E-state index contributed by atoms with van der Waals surface area (Å²) >= 11 is 0. The molecule has 2 heterocycles. The fourth-order valence-corrected chi connectivity index (χ4v) is 3.97. The van der Waals surface area contributed by atoms with Gasteiger partial charge in [0.15, 0.2) is 0 Å². The maximum atomic E-state index is 5.59. The number of aromatic nitrogens is 3. The number of imidazole rings is 1. The Balaban J connectivity index is 1.69. The summed E-state index contributed by atoms with van der Waals surface area (Å²) in [5, 5.41) is 0. The molecule has 4 nitrogen and oxygen atoms in total. The van der Waals surface area contributed by atoms with Crippen LogP contribution >= 0.6 is 0 Å². The van der Waals surface area contributed by atoms with Gasteiger partial charge in [-0.05, 0) is 23.3 Å². The third kappa shape index (κ3) is 3.84. The van der Waals surface area contributed by atoms with Crippen molar-refractivity contribution in [1.82, 2.24) is 14.5 Å². The summed E-state index contributed by atoms with van der Waals surface area (Å²) in [6.07, 6.45) is 3.62. The number of pyridine rings is 1. The third-order valence-corrected chi connectivity index (χ3v) is 5.48. The number of methoxy groups -OCH3 is 1. The van der Waals surface area contributed by atoms with Crippen LogP contribution in [-0.2, 0) is 11.5 Å². The number of ether oxygens (including phenoxy) is 1. The van der Waals surface area contributed by atoms with Crippen LogP contribution in [0.3, 0.4) is 0 Å². The van der Waals surface area contributed by atoms with Gasteiger partial charge in [0.05, 0.1) is 11.4 Å². The fraction of sp³-hybridized carbons (Fsp3) is 0.0714. The molecule has 0 saturated carbocycles. The fourth-order valence-electron chi connectivity index (χ4n) is 3.97. The molecule has 2 aromatic heterocycles. The van der Waals surface area contributed by atoms with E-state index in [1.165, 1.54) is 11.1 Å². The van der Waals surface area contributed by atoms with Crippen molar-refractivity contribution in [3.8, 4) is 45.0 Å². The van der Waals surface area contributed by atoms with Crippen LogP contribution in [0.5, 0.6) is 0 Å². The van der Waals surface area contributed by atoms with Crippen LogP contribution < -0.4 is 0 Å². The van der Waals surface area contributed by atoms with Crippen molar-refractivity contribution in [1.29, 1.82) is 0 Å². The van der Waals surface area contributed by atoms with Crippen molar-refractivity contribution in [2.24, 2.45) is 0 Å². The van der Waals surface area contributed by atoms with E-state index in [4.69, 9.17) is 9.72 Å². The number of hydrogen-bond acceptors (Lipinski definition) is 3. The minimum Gasteiger partial charge on any atom is -0.364 e. The molecule has 0 aliphatic carbocycles. The highest BCUT2D eigenvalue weighted by molar-refractivity contribution is 5.83. The van der Waals surface area contributed by atoms with Crippen molar-refractivity contribution >= 4 is 0 Å². The lowest BCUT2D eigenvalue weighted by Gasteiger charge is -2.12. The average molecular weight is 418 g/mol. The second-order valence-electron chi connectivity index (χ2n) is 7.52. The Kier molecular flexibility index (Phi) is 5.60. The van der Waals surface area contributed by atoms with E-state index in [1.807, 2.05) is 48.8 Å². The zero-order valence-electron chi connectivity index (χ0n) is 17.8. The van der Waals surface area contributed by atoms with Crippen LogP contribution in [0.1, 0.15) is 0 Å². The summed E-state index contributed by atoms with van der Waals surface area (Å²) in [6.45, 7) is 0.400. The van der Waals surface area contributed by atoms with Gasteiger partial charge in [0.25, 0.3) is 0 Å². The number of hydrogen-bond donors (Lipinski definition) is 0. The summed E-state index contributed by atoms with van der Waals surface area (Å²) in [6, 6.07) is 33.2. The standard InChI is InChI=1S/C28H23N3O/c1-32-20-31-27(24-16-18-29-19-17-24)26(30-28(31)25-10-6-3-7-11-25)23-14-12-22(13-15-23)21-8-4-2-5-9-21/h2-19H,20H2,1H3. The zero-order chi connectivity index (χ0) is 21.8. The minimum atomic E-state index is 0.400. The quantitative estimate of drug-likeness (QED) is 0.314. The summed E-state index contributed by atoms with van der Waals surface area (Å²) in [5.74, 6) is 0.876. The van der Waals surface area contributed by atoms with Crippen molar-refractivity contribution in [3.05, 3.63) is 109 Å². The lowest BCUT2D eigenvalue weighted by Crippen LogP contribution is -2.04. The first-order chi connectivity index (χ1) is 15.8. The average Bonchev–Trinajstić information content (AvgIpc) is 3.25. The normalized spacial score (nSPS) is 10.9. The lowest BCUT2D eigenvalue weighted by atomic mass is 10.0. The zero-order valence-corrected chi connectivity index (χ0v) is 17.8. The molecule has 0 saturated heterocycles. The molecule has 0 amide bonds. The van der Waals surface area contributed by atoms with Gasteiger partial charge in [0, 0.05) is 36.2 Å². The molecule has 156 valence electrons. The van der Waals surface area contributed by atoms with E-state index >= 15 is 0 Å². The Morgan fingerprint density at radius 3 is 1.81 bits per heavy atom. The largest absolute Gasteiger partial charge is 0.364 e. The summed E-state index contributed by atoms with van der Waals surface area (Å²) in [4.78, 5) is 9.31. The van der Waals surface area contributed by atoms with Crippen molar-refractivity contribution in [3.63, 3.8) is 0 Å². The van der Waals surface area contributed by atoms with Crippen LogP contribution in [0.4, 0.5) is 0 Å². The molecule has 0 bridgehead atoms. The molecule has 0 unspecified atom stereocenters. The van der Waals surface area contributed by atoms with E-state index < -0.39 is 0 Å². The first kappa shape index (κ1) is 19.9. The second kappa shape index (κ2) is 9.00. The van der Waals surface area contributed by atoms with E-state index in [2.05, 4.69) is 70.2 Å². The minimum absolute atomic E-state index is 0.400. The molecule has 3 aromatic carbocycles. The predicted molar refractivity (Wildman–Crippen MR) is 129 cm³/mol. The SMILES string of the molecule is COCn1c(-c2ccccc2)nc(-c2ccc(-c3ccccc3)cc2)c1-c1ccncc1. The number of nitrogens with zero attached hydrogens (tertiary/aromatic N) is 3. The summed E-state index contributed by atoms with van der Waals surface area (Å²) in [7, 11) is 1.71. The van der Waals surface area contributed by atoms with Crippen LogP contribution in [0, 0.1) is 0 Å². The Morgan fingerprint density at radius 2 is 1.19 bits per heavy atom. The van der Waals surface area contributed by atoms with Crippen LogP contribution in [0.15, 0.2) is 109 Å². The van der Waals surface area contributed by atoms with Gasteiger partial charge in [-0.3, -0.25) is 9.55 Å². The molecule has 0 atom stereocenters. The van der Waals surface area contributed by atoms with Crippen LogP contribution in [0.25, 0.3) is 45.0 Å². The van der Waals surface area contributed by atoms with Crippen molar-refractivity contribution < 1.29 is 4.74 Å². The highest BCUT2D eigenvalue weighted by Gasteiger charge is 2.21. The van der Waals surface area contributed by atoms with Gasteiger partial charge < -0.3 is 4.74 Å². The maximum Gasteiger partial charge on any atom is 0.143 e. The van der Waals surface area contributed by atoms with Gasteiger partial charge in [0.2, 0.25) is 0 Å². The Morgan fingerprint density at radius 1 is 0.625 bits per heavy atom. The predicted octanol–water partition coefficient (Wildman–Crippen LogP) is 6.55. The molecule has 5 rings (SSSR count). The van der Waals surface area contributed by atoms with Crippen LogP contribution in [-0.4, -0.2) is 21.6 Å². The highest BCUT2D eigenvalue weighted by atomic mass is 16.5.